The molecule has 0 amide bonds. The van der Waals surface area contributed by atoms with Crippen LogP contribution in [0.1, 0.15) is 20.8 Å². The van der Waals surface area contributed by atoms with Crippen molar-refractivity contribution >= 4 is 103 Å². The van der Waals surface area contributed by atoms with Gasteiger partial charge in [0.25, 0.3) is 14.1 Å². The molecule has 0 saturated carbocycles. The monoisotopic (exact) mass is 900 g/mol. The summed E-state index contributed by atoms with van der Waals surface area (Å²) in [5, 5.41) is -11.4. The SMILES string of the molecule is CC(C([CH2][Al]([CH2]C(C(C)(S(C)(=O)=O)S(C)(=O)=O)S(C)(=O)=O)[CH2]C(C(C)(S(C)(=O)=O)S(C)(=O)=O)S(C)(=O)=O)S(C)(=O)=O)(S(C)(=O)=O)S(C)(=O)=O. The standard InChI is InChI=1S/3C7H15O6S3.Al/c3*1-6(14(3,8)9)7(2,15(4,10)11)16(5,12)13;/h3*6H,1H2,2-5H3;. The molecule has 0 aromatic rings. The fraction of sp³-hybridized carbons (Fsp3) is 1.00. The van der Waals surface area contributed by atoms with Crippen molar-refractivity contribution in [2.45, 2.75) is 64.6 Å². The Morgan fingerprint density at radius 3 is 0.531 bits per heavy atom. The minimum atomic E-state index is -4.98. The number of rotatable bonds is 18. The number of hydrogen-bond acceptors (Lipinski definition) is 18. The molecule has 0 saturated heterocycles. The Balaban J connectivity index is 8.78. The predicted molar refractivity (Wildman–Crippen MR) is 190 cm³/mol. The first-order valence-corrected chi connectivity index (χ1v) is 33.1. The molecule has 0 bridgehead atoms. The van der Waals surface area contributed by atoms with Crippen molar-refractivity contribution in [1.82, 2.24) is 0 Å². The summed E-state index contributed by atoms with van der Waals surface area (Å²) in [5.41, 5.74) is 0. The van der Waals surface area contributed by atoms with E-state index in [9.17, 15) is 75.8 Å². The molecule has 0 aromatic carbocycles. The summed E-state index contributed by atoms with van der Waals surface area (Å²) in [6.07, 6.45) is 3.46. The van der Waals surface area contributed by atoms with Crippen LogP contribution in [0.25, 0.3) is 0 Å². The summed E-state index contributed by atoms with van der Waals surface area (Å²) in [5.74, 6) is 0. The Morgan fingerprint density at radius 2 is 0.449 bits per heavy atom. The van der Waals surface area contributed by atoms with E-state index in [1.807, 2.05) is 0 Å². The van der Waals surface area contributed by atoms with Crippen molar-refractivity contribution in [1.29, 1.82) is 0 Å². The fourth-order valence-electron chi connectivity index (χ4n) is 5.79. The van der Waals surface area contributed by atoms with Crippen molar-refractivity contribution in [3.05, 3.63) is 0 Å². The van der Waals surface area contributed by atoms with Gasteiger partial charge in [-0.25, -0.2) is 75.8 Å². The lowest BCUT2D eigenvalue weighted by Crippen LogP contribution is -2.60. The maximum absolute atomic E-state index is 13.3. The van der Waals surface area contributed by atoms with Crippen LogP contribution in [0.5, 0.6) is 0 Å². The van der Waals surface area contributed by atoms with E-state index in [0.717, 1.165) is 0 Å². The Labute approximate surface area is 296 Å². The minimum absolute atomic E-state index is 0.371. The van der Waals surface area contributed by atoms with E-state index >= 15 is 0 Å². The average Bonchev–Trinajstić information content (AvgIpc) is 2.75. The molecule has 0 N–H and O–H groups in total. The quantitative estimate of drug-likeness (QED) is 0.125. The molecule has 0 spiro atoms. The first-order chi connectivity index (χ1) is 20.7. The van der Waals surface area contributed by atoms with Gasteiger partial charge in [0.15, 0.2) is 101 Å². The number of hydrogen-bond donors (Lipinski definition) is 0. The van der Waals surface area contributed by atoms with E-state index in [4.69, 9.17) is 0 Å². The molecule has 0 fully saturated rings. The minimum Gasteiger partial charge on any atom is -0.229 e. The lowest BCUT2D eigenvalue weighted by Gasteiger charge is -2.39. The maximum Gasteiger partial charge on any atom is 0.267 e. The summed E-state index contributed by atoms with van der Waals surface area (Å²) in [7, 11) is -44.6. The molecule has 0 radical (unpaired) electrons. The summed E-state index contributed by atoms with van der Waals surface area (Å²) in [6, 6.07) is 0. The van der Waals surface area contributed by atoms with Gasteiger partial charge in [0.1, 0.15) is 0 Å². The molecular weight excluding hydrogens is 856 g/mol. The van der Waals surface area contributed by atoms with Gasteiger partial charge in [-0.2, -0.15) is 0 Å². The summed E-state index contributed by atoms with van der Waals surface area (Å²) < 4.78 is 226. The summed E-state index contributed by atoms with van der Waals surface area (Å²) >= 11 is -4.16. The highest BCUT2D eigenvalue weighted by molar-refractivity contribution is 8.12. The highest BCUT2D eigenvalue weighted by atomic mass is 32.3. The Kier molecular flexibility index (Phi) is 14.1. The van der Waals surface area contributed by atoms with Crippen LogP contribution in [0.4, 0.5) is 0 Å². The Morgan fingerprint density at radius 1 is 0.327 bits per heavy atom. The lowest BCUT2D eigenvalue weighted by atomic mass is 10.3. The van der Waals surface area contributed by atoms with Crippen molar-refractivity contribution in [3.8, 4) is 0 Å². The van der Waals surface area contributed by atoms with Crippen LogP contribution in [0.15, 0.2) is 0 Å². The largest absolute Gasteiger partial charge is 0.267 e. The molecule has 0 aliphatic heterocycles. The maximum atomic E-state index is 13.3. The third kappa shape index (κ3) is 9.80. The van der Waals surface area contributed by atoms with Crippen molar-refractivity contribution in [2.24, 2.45) is 0 Å². The van der Waals surface area contributed by atoms with Gasteiger partial charge >= 0.3 is 0 Å². The lowest BCUT2D eigenvalue weighted by molar-refractivity contribution is 0.529. The van der Waals surface area contributed by atoms with Gasteiger partial charge < -0.3 is 0 Å². The van der Waals surface area contributed by atoms with Gasteiger partial charge in [0.05, 0.1) is 15.7 Å². The predicted octanol–water partition coefficient (Wildman–Crippen LogP) is -2.86. The average molecular weight is 901 g/mol. The normalized spacial score (nSPS) is 17.6. The second-order valence-corrected chi connectivity index (χ2v) is 38.2. The van der Waals surface area contributed by atoms with E-state index in [2.05, 4.69) is 0 Å². The molecule has 0 rings (SSSR count). The second kappa shape index (κ2) is 14.1. The van der Waals surface area contributed by atoms with Crippen LogP contribution in [0, 0.1) is 0 Å². The molecular formula is C21H45AlO18S9. The van der Waals surface area contributed by atoms with Crippen molar-refractivity contribution < 1.29 is 75.8 Å². The summed E-state index contributed by atoms with van der Waals surface area (Å²) in [4.78, 5) is 0. The molecule has 0 aromatic heterocycles. The number of sulfone groups is 9. The van der Waals surface area contributed by atoms with Gasteiger partial charge in [0.2, 0.25) is 0 Å². The first kappa shape index (κ1) is 49.1. The Hall–Kier alpha value is 0.0825. The molecule has 18 nitrogen and oxygen atoms in total. The molecule has 3 unspecified atom stereocenters. The van der Waals surface area contributed by atoms with Gasteiger partial charge in [-0.1, -0.05) is 15.8 Å². The van der Waals surface area contributed by atoms with Gasteiger partial charge in [-0.05, 0) is 20.8 Å². The van der Waals surface area contributed by atoms with E-state index in [-0.39, 0.29) is 0 Å². The molecule has 28 heteroatoms. The highest BCUT2D eigenvalue weighted by Gasteiger charge is 2.62. The topological polar surface area (TPSA) is 307 Å². The Bertz CT molecular complexity index is 1960. The van der Waals surface area contributed by atoms with Crippen LogP contribution in [-0.2, 0) is 88.5 Å². The van der Waals surface area contributed by atoms with Gasteiger partial charge in [-0.15, -0.1) is 0 Å². The zero-order chi connectivity index (χ0) is 40.4. The molecule has 0 aliphatic rings. The smallest absolute Gasteiger partial charge is 0.229 e. The summed E-state index contributed by atoms with van der Waals surface area (Å²) in [6.45, 7) is 1.56. The van der Waals surface area contributed by atoms with E-state index < -0.39 is 147 Å². The highest BCUT2D eigenvalue weighted by Crippen LogP contribution is 2.42. The van der Waals surface area contributed by atoms with Crippen LogP contribution in [0.3, 0.4) is 0 Å². The van der Waals surface area contributed by atoms with Crippen LogP contribution < -0.4 is 0 Å². The van der Waals surface area contributed by atoms with Crippen molar-refractivity contribution in [2.75, 3.05) is 56.3 Å². The third-order valence-electron chi connectivity index (χ3n) is 9.36. The van der Waals surface area contributed by atoms with Crippen LogP contribution in [0.2, 0.25) is 15.8 Å². The molecule has 294 valence electrons. The van der Waals surface area contributed by atoms with Gasteiger partial charge in [0, 0.05) is 56.3 Å². The molecule has 49 heavy (non-hydrogen) atoms. The van der Waals surface area contributed by atoms with Gasteiger partial charge in [-0.3, -0.25) is 0 Å². The zero-order valence-corrected chi connectivity index (χ0v) is 37.5. The first-order valence-electron chi connectivity index (χ1n) is 13.4. The van der Waals surface area contributed by atoms with Crippen LogP contribution >= 0.6 is 0 Å². The second-order valence-electron chi connectivity index (χ2n) is 13.2. The van der Waals surface area contributed by atoms with Crippen LogP contribution in [-0.4, -0.2) is 174 Å². The fourth-order valence-corrected chi connectivity index (χ4v) is 35.9. The third-order valence-corrected chi connectivity index (χ3v) is 35.8. The van der Waals surface area contributed by atoms with E-state index in [1.54, 1.807) is 0 Å². The zero-order valence-electron chi connectivity index (χ0n) is 29.0. The molecule has 3 atom stereocenters. The molecule has 0 aliphatic carbocycles. The van der Waals surface area contributed by atoms with Crippen molar-refractivity contribution in [3.63, 3.8) is 0 Å². The van der Waals surface area contributed by atoms with E-state index in [1.165, 1.54) is 0 Å². The van der Waals surface area contributed by atoms with E-state index in [0.29, 0.717) is 77.1 Å². The molecule has 0 heterocycles.